The first-order chi connectivity index (χ1) is 13.3. The highest BCUT2D eigenvalue weighted by molar-refractivity contribution is 7.13. The Kier molecular flexibility index (Phi) is 5.64. The highest BCUT2D eigenvalue weighted by atomic mass is 32.1. The van der Waals surface area contributed by atoms with Crippen molar-refractivity contribution in [2.75, 3.05) is 7.11 Å². The number of rotatable bonds is 5. The molecule has 3 aromatic rings. The molecule has 0 aliphatic carbocycles. The molecule has 0 radical (unpaired) electrons. The predicted molar refractivity (Wildman–Crippen MR) is 96.7 cm³/mol. The van der Waals surface area contributed by atoms with Gasteiger partial charge in [-0.05, 0) is 29.8 Å². The van der Waals surface area contributed by atoms with Gasteiger partial charge in [0.2, 0.25) is 0 Å². The zero-order valence-corrected chi connectivity index (χ0v) is 15.3. The number of benzene rings is 2. The molecule has 0 unspecified atom stereocenters. The van der Waals surface area contributed by atoms with Crippen molar-refractivity contribution in [1.29, 1.82) is 0 Å². The van der Waals surface area contributed by atoms with Gasteiger partial charge >= 0.3 is 6.18 Å². The molecular formula is C19H14F4N2O2S. The normalized spacial score (nSPS) is 11.3. The molecule has 4 nitrogen and oxygen atoms in total. The minimum atomic E-state index is -4.72. The first-order valence-corrected chi connectivity index (χ1v) is 8.90. The van der Waals surface area contributed by atoms with E-state index in [1.54, 1.807) is 24.3 Å². The predicted octanol–water partition coefficient (Wildman–Crippen LogP) is 4.91. The standard InChI is InChI=1S/C19H14F4N2O2S/c1-27-16-5-3-2-4-13(16)18-25-15(10-28-18)17(26)24-9-11-6-7-12(20)8-14(11)19(21,22)23/h2-8,10H,9H2,1H3,(H,24,26). The van der Waals surface area contributed by atoms with Gasteiger partial charge in [-0.25, -0.2) is 9.37 Å². The fourth-order valence-corrected chi connectivity index (χ4v) is 3.39. The Hall–Kier alpha value is -2.94. The number of amides is 1. The van der Waals surface area contributed by atoms with Crippen LogP contribution < -0.4 is 10.1 Å². The van der Waals surface area contributed by atoms with E-state index in [0.717, 1.165) is 12.1 Å². The molecule has 2 aromatic carbocycles. The number of halogens is 4. The van der Waals surface area contributed by atoms with Crippen molar-refractivity contribution in [2.45, 2.75) is 12.7 Å². The molecule has 3 rings (SSSR count). The first-order valence-electron chi connectivity index (χ1n) is 8.02. The van der Waals surface area contributed by atoms with E-state index in [1.807, 2.05) is 0 Å². The fraction of sp³-hybridized carbons (Fsp3) is 0.158. The lowest BCUT2D eigenvalue weighted by Crippen LogP contribution is -2.25. The second-order valence-electron chi connectivity index (χ2n) is 5.72. The maximum absolute atomic E-state index is 13.2. The molecule has 0 fully saturated rings. The van der Waals surface area contributed by atoms with Gasteiger partial charge in [0, 0.05) is 11.9 Å². The van der Waals surface area contributed by atoms with Crippen LogP contribution in [0.4, 0.5) is 17.6 Å². The van der Waals surface area contributed by atoms with Gasteiger partial charge in [0.15, 0.2) is 0 Å². The van der Waals surface area contributed by atoms with E-state index in [1.165, 1.54) is 23.8 Å². The second-order valence-corrected chi connectivity index (χ2v) is 6.58. The zero-order chi connectivity index (χ0) is 20.3. The third-order valence-corrected chi connectivity index (χ3v) is 4.77. The van der Waals surface area contributed by atoms with Crippen LogP contribution in [0.25, 0.3) is 10.6 Å². The number of carbonyl (C=O) groups excluding carboxylic acids is 1. The van der Waals surface area contributed by atoms with E-state index in [-0.39, 0.29) is 11.3 Å². The van der Waals surface area contributed by atoms with Gasteiger partial charge in [0.1, 0.15) is 22.3 Å². The summed E-state index contributed by atoms with van der Waals surface area (Å²) in [7, 11) is 1.51. The topological polar surface area (TPSA) is 51.2 Å². The van der Waals surface area contributed by atoms with E-state index in [4.69, 9.17) is 4.74 Å². The van der Waals surface area contributed by atoms with Crippen LogP contribution in [0.15, 0.2) is 47.8 Å². The summed E-state index contributed by atoms with van der Waals surface area (Å²) in [4.78, 5) is 16.5. The van der Waals surface area contributed by atoms with Gasteiger partial charge in [-0.2, -0.15) is 13.2 Å². The quantitative estimate of drug-likeness (QED) is 0.609. The minimum absolute atomic E-state index is 0.0709. The number of carbonyl (C=O) groups is 1. The number of thiazole rings is 1. The average molecular weight is 410 g/mol. The van der Waals surface area contributed by atoms with Gasteiger partial charge in [0.25, 0.3) is 5.91 Å². The van der Waals surface area contributed by atoms with E-state index in [2.05, 4.69) is 10.3 Å². The van der Waals surface area contributed by atoms with E-state index in [0.29, 0.717) is 22.4 Å². The molecule has 0 saturated carbocycles. The molecule has 1 aromatic heterocycles. The van der Waals surface area contributed by atoms with E-state index in [9.17, 15) is 22.4 Å². The number of methoxy groups -OCH3 is 1. The lowest BCUT2D eigenvalue weighted by atomic mass is 10.1. The minimum Gasteiger partial charge on any atom is -0.496 e. The van der Waals surface area contributed by atoms with Crippen LogP contribution in [-0.2, 0) is 12.7 Å². The van der Waals surface area contributed by atoms with Crippen LogP contribution >= 0.6 is 11.3 Å². The number of para-hydroxylation sites is 1. The van der Waals surface area contributed by atoms with Crippen molar-refractivity contribution in [1.82, 2.24) is 10.3 Å². The Labute approximate surface area is 161 Å². The third kappa shape index (κ3) is 4.30. The van der Waals surface area contributed by atoms with Crippen LogP contribution in [0.2, 0.25) is 0 Å². The van der Waals surface area contributed by atoms with Crippen LogP contribution in [0.1, 0.15) is 21.6 Å². The number of aromatic nitrogens is 1. The largest absolute Gasteiger partial charge is 0.496 e. The lowest BCUT2D eigenvalue weighted by Gasteiger charge is -2.13. The Bertz CT molecular complexity index is 1000. The second kappa shape index (κ2) is 7.97. The van der Waals surface area contributed by atoms with Crippen molar-refractivity contribution in [2.24, 2.45) is 0 Å². The number of hydrogen-bond donors (Lipinski definition) is 1. The zero-order valence-electron chi connectivity index (χ0n) is 14.5. The lowest BCUT2D eigenvalue weighted by molar-refractivity contribution is -0.138. The van der Waals surface area contributed by atoms with Gasteiger partial charge in [0.05, 0.1) is 18.2 Å². The molecule has 1 N–H and O–H groups in total. The fourth-order valence-electron chi connectivity index (χ4n) is 2.56. The highest BCUT2D eigenvalue weighted by Gasteiger charge is 2.33. The van der Waals surface area contributed by atoms with Crippen molar-refractivity contribution in [3.63, 3.8) is 0 Å². The summed E-state index contributed by atoms with van der Waals surface area (Å²) < 4.78 is 57.5. The van der Waals surface area contributed by atoms with Crippen LogP contribution in [0.3, 0.4) is 0 Å². The SMILES string of the molecule is COc1ccccc1-c1nc(C(=O)NCc2ccc(F)cc2C(F)(F)F)cs1. The molecule has 1 amide bonds. The van der Waals surface area contributed by atoms with Gasteiger partial charge in [-0.15, -0.1) is 11.3 Å². The summed E-state index contributed by atoms with van der Waals surface area (Å²) in [5.74, 6) is -1.04. The molecule has 0 saturated heterocycles. The smallest absolute Gasteiger partial charge is 0.416 e. The molecule has 0 spiro atoms. The van der Waals surface area contributed by atoms with Crippen LogP contribution in [0.5, 0.6) is 5.75 Å². The van der Waals surface area contributed by atoms with Crippen molar-refractivity contribution in [3.05, 3.63) is 70.5 Å². The molecule has 0 aliphatic rings. The van der Waals surface area contributed by atoms with Crippen molar-refractivity contribution >= 4 is 17.2 Å². The molecule has 0 atom stereocenters. The monoisotopic (exact) mass is 410 g/mol. The average Bonchev–Trinajstić information content (AvgIpc) is 3.16. The summed E-state index contributed by atoms with van der Waals surface area (Å²) >= 11 is 1.21. The molecular weight excluding hydrogens is 396 g/mol. The molecule has 146 valence electrons. The highest BCUT2D eigenvalue weighted by Crippen LogP contribution is 2.33. The summed E-state index contributed by atoms with van der Waals surface area (Å²) in [6.45, 7) is -0.407. The molecule has 1 heterocycles. The van der Waals surface area contributed by atoms with Gasteiger partial charge in [-0.1, -0.05) is 18.2 Å². The van der Waals surface area contributed by atoms with Crippen molar-refractivity contribution < 1.29 is 27.1 Å². The summed E-state index contributed by atoms with van der Waals surface area (Å²) in [6.07, 6.45) is -4.72. The number of alkyl halides is 3. The molecule has 0 aliphatic heterocycles. The van der Waals surface area contributed by atoms with Crippen molar-refractivity contribution in [3.8, 4) is 16.3 Å². The maximum atomic E-state index is 13.2. The van der Waals surface area contributed by atoms with Gasteiger partial charge in [-0.3, -0.25) is 4.79 Å². The Morgan fingerprint density at radius 2 is 1.96 bits per heavy atom. The van der Waals surface area contributed by atoms with Gasteiger partial charge < -0.3 is 10.1 Å². The first kappa shape index (κ1) is 19.8. The Morgan fingerprint density at radius 1 is 1.21 bits per heavy atom. The number of nitrogens with zero attached hydrogens (tertiary/aromatic N) is 1. The van der Waals surface area contributed by atoms with Crippen LogP contribution in [-0.4, -0.2) is 18.0 Å². The van der Waals surface area contributed by atoms with E-state index >= 15 is 0 Å². The Balaban J connectivity index is 1.76. The molecule has 0 bridgehead atoms. The Morgan fingerprint density at radius 3 is 2.68 bits per heavy atom. The molecule has 28 heavy (non-hydrogen) atoms. The summed E-state index contributed by atoms with van der Waals surface area (Å²) in [6, 6.07) is 9.46. The number of hydrogen-bond acceptors (Lipinski definition) is 4. The van der Waals surface area contributed by atoms with Crippen LogP contribution in [0, 0.1) is 5.82 Å². The summed E-state index contributed by atoms with van der Waals surface area (Å²) in [5, 5.41) is 4.44. The maximum Gasteiger partial charge on any atom is 0.416 e. The van der Waals surface area contributed by atoms with E-state index < -0.39 is 30.0 Å². The third-order valence-electron chi connectivity index (χ3n) is 3.89. The number of nitrogens with one attached hydrogen (secondary N) is 1. The molecule has 9 heteroatoms. The number of ether oxygens (including phenoxy) is 1. The summed E-state index contributed by atoms with van der Waals surface area (Å²) in [5.41, 5.74) is -0.586.